The Hall–Kier alpha value is -0.773. The van der Waals surface area contributed by atoms with Crippen molar-refractivity contribution in [3.8, 4) is 0 Å². The lowest BCUT2D eigenvalue weighted by atomic mass is 9.62. The summed E-state index contributed by atoms with van der Waals surface area (Å²) in [6.45, 7) is 13.1. The Kier molecular flexibility index (Phi) is 9.97. The Bertz CT molecular complexity index is 576. The number of thioether (sulfide) groups is 1. The van der Waals surface area contributed by atoms with Crippen LogP contribution in [0.4, 0.5) is 9.59 Å². The summed E-state index contributed by atoms with van der Waals surface area (Å²) in [5.74, 6) is 0.802. The van der Waals surface area contributed by atoms with E-state index >= 15 is 0 Å². The molecule has 0 spiro atoms. The van der Waals surface area contributed by atoms with E-state index in [9.17, 15) is 9.59 Å². The maximum atomic E-state index is 12.3. The molecule has 1 aliphatic heterocycles. The van der Waals surface area contributed by atoms with E-state index < -0.39 is 0 Å². The number of alkyl carbamates (subject to hydrolysis) is 1. The monoisotopic (exact) mass is 458 g/mol. The van der Waals surface area contributed by atoms with Gasteiger partial charge in [0.2, 0.25) is 9.76 Å². The van der Waals surface area contributed by atoms with E-state index in [0.29, 0.717) is 35.1 Å². The molecule has 1 saturated carbocycles. The fourth-order valence-corrected chi connectivity index (χ4v) is 6.11. The molecule has 1 heterocycles. The van der Waals surface area contributed by atoms with Crippen molar-refractivity contribution in [3.05, 3.63) is 0 Å². The first-order chi connectivity index (χ1) is 14.1. The highest BCUT2D eigenvalue weighted by molar-refractivity contribution is 8.13. The Morgan fingerprint density at radius 3 is 2.70 bits per heavy atom. The largest absolute Gasteiger partial charge is 0.447 e. The third-order valence-electron chi connectivity index (χ3n) is 5.44. The van der Waals surface area contributed by atoms with Crippen LogP contribution in [0.15, 0.2) is 0 Å². The first-order valence-corrected chi connectivity index (χ1v) is 12.9. The van der Waals surface area contributed by atoms with Gasteiger partial charge in [0.15, 0.2) is 0 Å². The van der Waals surface area contributed by atoms with Crippen LogP contribution in [0.25, 0.3) is 0 Å². The highest BCUT2D eigenvalue weighted by atomic mass is 32.2. The maximum Gasteiger partial charge on any atom is 0.407 e. The van der Waals surface area contributed by atoms with Crippen LogP contribution >= 0.6 is 11.8 Å². The molecule has 1 aliphatic carbocycles. The molecule has 2 N–H and O–H groups in total. The minimum atomic E-state index is -0.378. The van der Waals surface area contributed by atoms with Crippen molar-refractivity contribution in [1.29, 1.82) is 0 Å². The molecule has 2 amide bonds. The summed E-state index contributed by atoms with van der Waals surface area (Å²) >= 11 is 1.35. The summed E-state index contributed by atoms with van der Waals surface area (Å²) in [5, 5.41) is 6.15. The van der Waals surface area contributed by atoms with Gasteiger partial charge >= 0.3 is 6.09 Å². The summed E-state index contributed by atoms with van der Waals surface area (Å²) in [7, 11) is 0.502. The van der Waals surface area contributed by atoms with Gasteiger partial charge in [-0.25, -0.2) is 4.79 Å². The third kappa shape index (κ3) is 10.0. The Labute approximate surface area is 188 Å². The van der Waals surface area contributed by atoms with E-state index in [4.69, 9.17) is 13.9 Å². The zero-order chi connectivity index (χ0) is 22.2. The molecule has 9 heteroatoms. The quantitative estimate of drug-likeness (QED) is 0.359. The van der Waals surface area contributed by atoms with E-state index in [0.717, 1.165) is 38.0 Å². The van der Waals surface area contributed by atoms with Crippen LogP contribution in [0.5, 0.6) is 0 Å². The van der Waals surface area contributed by atoms with Crippen molar-refractivity contribution in [2.24, 2.45) is 10.8 Å². The fraction of sp³-hybridized carbons (Fsp3) is 0.905. The van der Waals surface area contributed by atoms with E-state index in [2.05, 4.69) is 38.3 Å². The zero-order valence-corrected chi connectivity index (χ0v) is 20.9. The van der Waals surface area contributed by atoms with Gasteiger partial charge in [0.1, 0.15) is 12.7 Å². The molecule has 4 atom stereocenters. The van der Waals surface area contributed by atoms with Gasteiger partial charge in [-0.3, -0.25) is 4.79 Å². The molecule has 172 valence electrons. The number of epoxide rings is 1. The lowest BCUT2D eigenvalue weighted by molar-refractivity contribution is 0.0661. The molecular weight excluding hydrogens is 420 g/mol. The molecule has 2 aliphatic rings. The normalized spacial score (nSPS) is 28.4. The Morgan fingerprint density at radius 1 is 1.30 bits per heavy atom. The van der Waals surface area contributed by atoms with Crippen molar-refractivity contribution in [2.75, 3.05) is 32.1 Å². The minimum absolute atomic E-state index is 0.0277. The van der Waals surface area contributed by atoms with Crippen LogP contribution in [0.3, 0.4) is 0 Å². The van der Waals surface area contributed by atoms with E-state index in [-0.39, 0.29) is 34.3 Å². The van der Waals surface area contributed by atoms with E-state index in [1.54, 1.807) is 0 Å². The van der Waals surface area contributed by atoms with Crippen LogP contribution in [0, 0.1) is 10.8 Å². The molecule has 0 bridgehead atoms. The molecule has 1 saturated heterocycles. The maximum absolute atomic E-state index is 12.3. The average molecular weight is 459 g/mol. The van der Waals surface area contributed by atoms with Gasteiger partial charge in [-0.1, -0.05) is 39.5 Å². The molecule has 2 rings (SSSR count). The van der Waals surface area contributed by atoms with Gasteiger partial charge in [0.05, 0.1) is 6.61 Å². The van der Waals surface area contributed by atoms with Crippen LogP contribution in [-0.2, 0) is 13.9 Å². The number of nitrogens with one attached hydrogen (secondary N) is 2. The molecule has 7 nitrogen and oxygen atoms in total. The first kappa shape index (κ1) is 25.5. The highest BCUT2D eigenvalue weighted by Gasteiger charge is 2.42. The first-order valence-electron chi connectivity index (χ1n) is 10.9. The van der Waals surface area contributed by atoms with Crippen LogP contribution in [-0.4, -0.2) is 65.4 Å². The number of amides is 2. The predicted molar refractivity (Wildman–Crippen MR) is 121 cm³/mol. The number of carbonyl (C=O) groups excluding carboxylic acids is 2. The SMILES string of the molecule is CCO[Si]C(C)CCSC(=O)NCC1(C)CC(NC(=O)OCC2CO2)CC(C)(C)C1. The van der Waals surface area contributed by atoms with Crippen LogP contribution in [0.1, 0.15) is 60.3 Å². The van der Waals surface area contributed by atoms with Crippen molar-refractivity contribution in [3.63, 3.8) is 0 Å². The standard InChI is InChI=1S/C21H38N2O5SSi/c1-6-28-30-15(2)7-8-29-19(25)22-14-21(5)10-16(9-20(3,4)13-21)23-18(24)27-12-17-11-26-17/h15-17H,6-14H2,1-5H3,(H,22,25)(H,23,24). The number of carbonyl (C=O) groups is 2. The highest BCUT2D eigenvalue weighted by Crippen LogP contribution is 2.45. The predicted octanol–water partition coefficient (Wildman–Crippen LogP) is 3.99. The van der Waals surface area contributed by atoms with Gasteiger partial charge in [-0.15, -0.1) is 0 Å². The summed E-state index contributed by atoms with van der Waals surface area (Å²) in [6.07, 6.45) is 3.39. The molecular formula is C21H38N2O5SSi. The van der Waals surface area contributed by atoms with Crippen molar-refractivity contribution in [2.45, 2.75) is 78.0 Å². The number of hydrogen-bond acceptors (Lipinski definition) is 6. The zero-order valence-electron chi connectivity index (χ0n) is 19.0. The molecule has 4 unspecified atom stereocenters. The Morgan fingerprint density at radius 2 is 2.03 bits per heavy atom. The number of ether oxygens (including phenoxy) is 2. The van der Waals surface area contributed by atoms with Crippen molar-refractivity contribution < 1.29 is 23.5 Å². The molecule has 2 radical (unpaired) electrons. The van der Waals surface area contributed by atoms with Crippen molar-refractivity contribution in [1.82, 2.24) is 10.6 Å². The van der Waals surface area contributed by atoms with Crippen LogP contribution in [0.2, 0.25) is 5.54 Å². The van der Waals surface area contributed by atoms with Gasteiger partial charge in [0.25, 0.3) is 5.24 Å². The van der Waals surface area contributed by atoms with Gasteiger partial charge in [-0.2, -0.15) is 0 Å². The second kappa shape index (κ2) is 11.7. The van der Waals surface area contributed by atoms with Crippen LogP contribution < -0.4 is 10.6 Å². The summed E-state index contributed by atoms with van der Waals surface area (Å²) in [5.41, 5.74) is 0.497. The molecule has 2 fully saturated rings. The summed E-state index contributed by atoms with van der Waals surface area (Å²) < 4.78 is 15.8. The second-order valence-corrected chi connectivity index (χ2v) is 12.3. The van der Waals surface area contributed by atoms with E-state index in [1.165, 1.54) is 11.8 Å². The fourth-order valence-electron chi connectivity index (χ4n) is 4.36. The molecule has 0 aromatic heterocycles. The van der Waals surface area contributed by atoms with Gasteiger partial charge < -0.3 is 24.5 Å². The third-order valence-corrected chi connectivity index (χ3v) is 7.43. The van der Waals surface area contributed by atoms with Crippen molar-refractivity contribution >= 4 is 32.9 Å². The lowest BCUT2D eigenvalue weighted by Crippen LogP contribution is -2.50. The smallest absolute Gasteiger partial charge is 0.407 e. The minimum Gasteiger partial charge on any atom is -0.447 e. The second-order valence-electron chi connectivity index (χ2n) is 9.69. The topological polar surface area (TPSA) is 89.2 Å². The molecule has 0 aromatic carbocycles. The number of hydrogen-bond donors (Lipinski definition) is 2. The molecule has 30 heavy (non-hydrogen) atoms. The lowest BCUT2D eigenvalue weighted by Gasteiger charge is -2.46. The van der Waals surface area contributed by atoms with Gasteiger partial charge in [0, 0.05) is 24.9 Å². The summed E-state index contributed by atoms with van der Waals surface area (Å²) in [6, 6.07) is 0.0383. The van der Waals surface area contributed by atoms with Gasteiger partial charge in [-0.05, 0) is 49.0 Å². The molecule has 0 aromatic rings. The summed E-state index contributed by atoms with van der Waals surface area (Å²) in [4.78, 5) is 24.4. The Balaban J connectivity index is 1.73. The van der Waals surface area contributed by atoms with E-state index in [1.807, 2.05) is 6.92 Å². The average Bonchev–Trinajstić information content (AvgIpc) is 3.46. The number of rotatable bonds is 11.